The van der Waals surface area contributed by atoms with Crippen molar-refractivity contribution < 1.29 is 14.3 Å². The number of amides is 1. The molecule has 2 atom stereocenters. The van der Waals surface area contributed by atoms with Gasteiger partial charge in [-0.25, -0.2) is 0 Å². The van der Waals surface area contributed by atoms with Gasteiger partial charge in [0, 0.05) is 31.7 Å². The van der Waals surface area contributed by atoms with E-state index in [4.69, 9.17) is 27.9 Å². The zero-order valence-electron chi connectivity index (χ0n) is 25.7. The van der Waals surface area contributed by atoms with Crippen molar-refractivity contribution in [1.82, 2.24) is 4.90 Å². The molecular weight excluding hydrogens is 601 g/mol. The van der Waals surface area contributed by atoms with Crippen molar-refractivity contribution in [3.8, 4) is 11.1 Å². The van der Waals surface area contributed by atoms with Gasteiger partial charge in [-0.05, 0) is 76.8 Å². The Labute approximate surface area is 276 Å². The van der Waals surface area contributed by atoms with Crippen molar-refractivity contribution in [3.63, 3.8) is 0 Å². The number of carbonyl (C=O) groups is 2. The molecule has 0 unspecified atom stereocenters. The largest absolute Gasteiger partial charge is 0.465 e. The highest BCUT2D eigenvalue weighted by molar-refractivity contribution is 6.42. The number of benzene rings is 4. The van der Waals surface area contributed by atoms with Crippen molar-refractivity contribution in [2.75, 3.05) is 13.7 Å². The summed E-state index contributed by atoms with van der Waals surface area (Å²) in [5.41, 5.74) is 8.53. The number of carbonyl (C=O) groups excluding carboxylic acids is 2. The molecule has 0 spiro atoms. The summed E-state index contributed by atoms with van der Waals surface area (Å²) >= 11 is 12.5. The monoisotopic (exact) mass is 639 g/mol. The molecule has 232 valence electrons. The number of fused-ring (bicyclic) bond motifs is 4. The Morgan fingerprint density at radius 2 is 1.31 bits per heavy atom. The Hall–Kier alpha value is -3.60. The second kappa shape index (κ2) is 14.2. The highest BCUT2D eigenvalue weighted by Crippen LogP contribution is 2.45. The zero-order chi connectivity index (χ0) is 31.3. The minimum absolute atomic E-state index is 0.0568. The van der Waals surface area contributed by atoms with Gasteiger partial charge in [-0.1, -0.05) is 115 Å². The molecule has 0 heterocycles. The summed E-state index contributed by atoms with van der Waals surface area (Å²) in [5, 5.41) is 1.13. The minimum atomic E-state index is -0.150. The Morgan fingerprint density at radius 3 is 1.98 bits per heavy atom. The first kappa shape index (κ1) is 31.4. The predicted molar refractivity (Wildman–Crippen MR) is 182 cm³/mol. The third-order valence-electron chi connectivity index (χ3n) is 9.56. The van der Waals surface area contributed by atoms with Gasteiger partial charge in [0.25, 0.3) is 0 Å². The second-order valence-corrected chi connectivity index (χ2v) is 13.1. The standard InChI is InChI=1S/C39H39Cl2NO3/c1-42(37-23-21-27(28-12-10-11-17-33(28)37)26-20-22-35(40)36(41)24-26)38(43)18-4-2-3-5-19-39(44)45-25-34-31-15-8-6-13-29(31)30-14-7-9-16-32(30)34/h6-17,20,22,24,27,34,37H,2-5,18-19,21,23,25H2,1H3/t27-,37-/m0/s1. The van der Waals surface area contributed by atoms with Crippen molar-refractivity contribution in [2.24, 2.45) is 0 Å². The summed E-state index contributed by atoms with van der Waals surface area (Å²) in [6, 6.07) is 31.1. The maximum Gasteiger partial charge on any atom is 0.305 e. The predicted octanol–water partition coefficient (Wildman–Crippen LogP) is 10.1. The number of unbranched alkanes of at least 4 members (excludes halogenated alkanes) is 3. The molecule has 0 N–H and O–H groups in total. The first-order valence-corrected chi connectivity index (χ1v) is 16.8. The third-order valence-corrected chi connectivity index (χ3v) is 10.3. The number of nitrogens with zero attached hydrogens (tertiary/aromatic N) is 1. The number of esters is 1. The minimum Gasteiger partial charge on any atom is -0.465 e. The van der Waals surface area contributed by atoms with Gasteiger partial charge in [-0.3, -0.25) is 9.59 Å². The van der Waals surface area contributed by atoms with Gasteiger partial charge in [0.2, 0.25) is 5.91 Å². The van der Waals surface area contributed by atoms with Gasteiger partial charge in [0.1, 0.15) is 6.61 Å². The van der Waals surface area contributed by atoms with E-state index in [-0.39, 0.29) is 29.8 Å². The number of rotatable bonds is 11. The van der Waals surface area contributed by atoms with Crippen LogP contribution in [-0.4, -0.2) is 30.4 Å². The van der Waals surface area contributed by atoms with E-state index in [9.17, 15) is 9.59 Å². The summed E-state index contributed by atoms with van der Waals surface area (Å²) in [4.78, 5) is 27.7. The van der Waals surface area contributed by atoms with Gasteiger partial charge < -0.3 is 9.64 Å². The van der Waals surface area contributed by atoms with Crippen LogP contribution in [-0.2, 0) is 14.3 Å². The van der Waals surface area contributed by atoms with E-state index in [0.29, 0.717) is 29.5 Å². The lowest BCUT2D eigenvalue weighted by molar-refractivity contribution is -0.144. The van der Waals surface area contributed by atoms with Crippen LogP contribution in [0.1, 0.15) is 97.1 Å². The molecule has 0 aliphatic heterocycles. The molecule has 4 nitrogen and oxygen atoms in total. The van der Waals surface area contributed by atoms with Crippen LogP contribution >= 0.6 is 23.2 Å². The SMILES string of the molecule is CN(C(=O)CCCCCCC(=O)OCC1c2ccccc2-c2ccccc21)[C@H]1CC[C@@H](c2ccc(Cl)c(Cl)c2)c2ccccc21. The second-order valence-electron chi connectivity index (χ2n) is 12.3. The van der Waals surface area contributed by atoms with Crippen LogP contribution < -0.4 is 0 Å². The number of hydrogen-bond acceptors (Lipinski definition) is 3. The molecule has 6 heteroatoms. The van der Waals surface area contributed by atoms with E-state index in [1.165, 1.54) is 33.4 Å². The van der Waals surface area contributed by atoms with Gasteiger partial charge in [-0.2, -0.15) is 0 Å². The molecule has 4 aromatic carbocycles. The van der Waals surface area contributed by atoms with E-state index in [1.54, 1.807) is 0 Å². The highest BCUT2D eigenvalue weighted by atomic mass is 35.5. The first-order valence-electron chi connectivity index (χ1n) is 16.1. The smallest absolute Gasteiger partial charge is 0.305 e. The lowest BCUT2D eigenvalue weighted by Crippen LogP contribution is -2.34. The average Bonchev–Trinajstić information content (AvgIpc) is 3.39. The van der Waals surface area contributed by atoms with Crippen LogP contribution in [0.4, 0.5) is 0 Å². The highest BCUT2D eigenvalue weighted by Gasteiger charge is 2.32. The molecule has 2 aliphatic rings. The normalized spacial score (nSPS) is 16.9. The molecule has 2 aliphatic carbocycles. The fraction of sp³-hybridized carbons (Fsp3) is 0.333. The van der Waals surface area contributed by atoms with Crippen molar-refractivity contribution in [2.45, 2.75) is 69.2 Å². The third kappa shape index (κ3) is 6.83. The molecule has 4 aromatic rings. The molecule has 45 heavy (non-hydrogen) atoms. The Balaban J connectivity index is 0.938. The topological polar surface area (TPSA) is 46.6 Å². The summed E-state index contributed by atoms with van der Waals surface area (Å²) in [6.45, 7) is 0.367. The molecule has 0 fully saturated rings. The van der Waals surface area contributed by atoms with Crippen LogP contribution in [0.2, 0.25) is 10.0 Å². The molecule has 0 saturated carbocycles. The maximum atomic E-state index is 13.2. The van der Waals surface area contributed by atoms with Gasteiger partial charge in [-0.15, -0.1) is 0 Å². The van der Waals surface area contributed by atoms with E-state index >= 15 is 0 Å². The summed E-state index contributed by atoms with van der Waals surface area (Å²) < 4.78 is 5.75. The molecular formula is C39H39Cl2NO3. The van der Waals surface area contributed by atoms with E-state index in [0.717, 1.165) is 44.1 Å². The number of hydrogen-bond donors (Lipinski definition) is 0. The fourth-order valence-electron chi connectivity index (χ4n) is 7.18. The molecule has 0 radical (unpaired) electrons. The van der Waals surface area contributed by atoms with E-state index in [2.05, 4.69) is 66.7 Å². The first-order chi connectivity index (χ1) is 21.9. The molecule has 0 saturated heterocycles. The van der Waals surface area contributed by atoms with Crippen LogP contribution in [0.25, 0.3) is 11.1 Å². The summed E-state index contributed by atoms with van der Waals surface area (Å²) in [5.74, 6) is 0.330. The average molecular weight is 641 g/mol. The quantitative estimate of drug-likeness (QED) is 0.121. The van der Waals surface area contributed by atoms with Crippen molar-refractivity contribution in [1.29, 1.82) is 0 Å². The van der Waals surface area contributed by atoms with E-state index in [1.807, 2.05) is 36.2 Å². The zero-order valence-corrected chi connectivity index (χ0v) is 27.2. The lowest BCUT2D eigenvalue weighted by atomic mass is 9.76. The van der Waals surface area contributed by atoms with Crippen LogP contribution in [0.5, 0.6) is 0 Å². The Bertz CT molecular complexity index is 1640. The van der Waals surface area contributed by atoms with E-state index < -0.39 is 0 Å². The van der Waals surface area contributed by atoms with Crippen molar-refractivity contribution >= 4 is 35.1 Å². The number of ether oxygens (including phenoxy) is 1. The van der Waals surface area contributed by atoms with Crippen LogP contribution in [0, 0.1) is 0 Å². The molecule has 0 aromatic heterocycles. The molecule has 1 amide bonds. The summed E-state index contributed by atoms with van der Waals surface area (Å²) in [7, 11) is 1.93. The summed E-state index contributed by atoms with van der Waals surface area (Å²) in [6.07, 6.45) is 6.15. The number of halogens is 2. The van der Waals surface area contributed by atoms with Gasteiger partial charge >= 0.3 is 5.97 Å². The van der Waals surface area contributed by atoms with Crippen molar-refractivity contribution in [3.05, 3.63) is 129 Å². The van der Waals surface area contributed by atoms with Crippen LogP contribution in [0.3, 0.4) is 0 Å². The Morgan fingerprint density at radius 1 is 0.711 bits per heavy atom. The van der Waals surface area contributed by atoms with Crippen LogP contribution in [0.15, 0.2) is 91.0 Å². The molecule has 0 bridgehead atoms. The Kier molecular flexibility index (Phi) is 9.92. The molecule has 6 rings (SSSR count). The maximum absolute atomic E-state index is 13.2. The van der Waals surface area contributed by atoms with Gasteiger partial charge in [0.15, 0.2) is 0 Å². The fourth-order valence-corrected chi connectivity index (χ4v) is 7.49. The van der Waals surface area contributed by atoms with Gasteiger partial charge in [0.05, 0.1) is 16.1 Å². The lowest BCUT2D eigenvalue weighted by Gasteiger charge is -2.37.